The van der Waals surface area contributed by atoms with E-state index in [0.717, 1.165) is 21.5 Å². The van der Waals surface area contributed by atoms with Gasteiger partial charge in [0.15, 0.2) is 5.71 Å². The lowest BCUT2D eigenvalue weighted by Crippen LogP contribution is -2.25. The minimum Gasteiger partial charge on any atom is -0.191 e. The maximum atomic E-state index is 9.76. The lowest BCUT2D eigenvalue weighted by molar-refractivity contribution is 1.27. The van der Waals surface area contributed by atoms with E-state index in [0.29, 0.717) is 5.71 Å². The standard InChI is InChI=1S/C26H20N3P/c27-21-26(22-13-5-1-6-14-22)28-29-30(23-15-7-2-8-16-23,24-17-9-3-10-18-24)25-19-11-4-12-20-25/h1-20H/b28-26-. The topological polar surface area (TPSA) is 48.5 Å². The summed E-state index contributed by atoms with van der Waals surface area (Å²) in [5.74, 6) is 0. The van der Waals surface area contributed by atoms with E-state index in [-0.39, 0.29) is 0 Å². The van der Waals surface area contributed by atoms with Crippen LogP contribution >= 0.6 is 7.05 Å². The van der Waals surface area contributed by atoms with E-state index in [2.05, 4.69) is 47.6 Å². The van der Waals surface area contributed by atoms with Crippen molar-refractivity contribution in [1.29, 1.82) is 5.26 Å². The summed E-state index contributed by atoms with van der Waals surface area (Å²) >= 11 is 0. The molecular formula is C26H20N3P. The zero-order valence-electron chi connectivity index (χ0n) is 16.3. The van der Waals surface area contributed by atoms with Crippen LogP contribution in [0.15, 0.2) is 131 Å². The predicted molar refractivity (Wildman–Crippen MR) is 126 cm³/mol. The third-order valence-electron chi connectivity index (χ3n) is 4.82. The number of hydrogen-bond donors (Lipinski definition) is 0. The van der Waals surface area contributed by atoms with Gasteiger partial charge < -0.3 is 0 Å². The molecular weight excluding hydrogens is 385 g/mol. The van der Waals surface area contributed by atoms with Gasteiger partial charge in [-0.3, -0.25) is 0 Å². The molecule has 4 heteroatoms. The maximum Gasteiger partial charge on any atom is 0.170 e. The molecule has 0 radical (unpaired) electrons. The Morgan fingerprint density at radius 1 is 0.567 bits per heavy atom. The Hall–Kier alpha value is -3.73. The molecule has 4 aromatic carbocycles. The summed E-state index contributed by atoms with van der Waals surface area (Å²) < 4.78 is 0. The summed E-state index contributed by atoms with van der Waals surface area (Å²) in [6.07, 6.45) is 0. The highest BCUT2D eigenvalue weighted by Crippen LogP contribution is 2.46. The summed E-state index contributed by atoms with van der Waals surface area (Å²) in [5.41, 5.74) is 1.07. The number of benzene rings is 4. The Bertz CT molecular complexity index is 1120. The Morgan fingerprint density at radius 3 is 1.30 bits per heavy atom. The molecule has 0 unspecified atom stereocenters. The molecule has 0 spiro atoms. The molecule has 0 aliphatic heterocycles. The largest absolute Gasteiger partial charge is 0.191 e. The molecule has 4 aromatic rings. The molecule has 0 N–H and O–H groups in total. The van der Waals surface area contributed by atoms with Gasteiger partial charge in [-0.2, -0.15) is 10.1 Å². The van der Waals surface area contributed by atoms with Crippen molar-refractivity contribution in [3.05, 3.63) is 127 Å². The van der Waals surface area contributed by atoms with Crippen LogP contribution in [-0.2, 0) is 0 Å². The lowest BCUT2D eigenvalue weighted by Gasteiger charge is -2.25. The Kier molecular flexibility index (Phi) is 5.99. The molecule has 0 amide bonds. The van der Waals surface area contributed by atoms with Gasteiger partial charge in [0.1, 0.15) is 6.07 Å². The molecule has 30 heavy (non-hydrogen) atoms. The van der Waals surface area contributed by atoms with Crippen LogP contribution in [0, 0.1) is 11.3 Å². The highest BCUT2D eigenvalue weighted by Gasteiger charge is 2.27. The third kappa shape index (κ3) is 3.87. The van der Waals surface area contributed by atoms with Crippen molar-refractivity contribution in [2.75, 3.05) is 0 Å². The minimum absolute atomic E-state index is 0.308. The highest BCUT2D eigenvalue weighted by molar-refractivity contribution is 7.87. The Balaban J connectivity index is 2.07. The lowest BCUT2D eigenvalue weighted by atomic mass is 10.1. The number of rotatable bonds is 5. The zero-order valence-corrected chi connectivity index (χ0v) is 17.2. The van der Waals surface area contributed by atoms with Crippen molar-refractivity contribution in [3.63, 3.8) is 0 Å². The molecule has 0 aromatic heterocycles. The highest BCUT2D eigenvalue weighted by atomic mass is 31.2. The fraction of sp³-hybridized carbons (Fsp3) is 0. The number of nitrogens with zero attached hydrogens (tertiary/aromatic N) is 3. The summed E-state index contributed by atoms with van der Waals surface area (Å²) in [7, 11) is -2.45. The normalized spacial score (nSPS) is 11.5. The van der Waals surface area contributed by atoms with Gasteiger partial charge in [-0.15, -0.1) is 5.10 Å². The monoisotopic (exact) mass is 405 g/mol. The first-order chi connectivity index (χ1) is 14.8. The molecule has 3 nitrogen and oxygen atoms in total. The molecule has 0 aliphatic rings. The van der Waals surface area contributed by atoms with E-state index in [1.807, 2.05) is 84.9 Å². The van der Waals surface area contributed by atoms with Gasteiger partial charge in [-0.05, 0) is 0 Å². The summed E-state index contributed by atoms with van der Waals surface area (Å²) in [6.45, 7) is 0. The van der Waals surface area contributed by atoms with Crippen LogP contribution in [0.2, 0.25) is 0 Å². The van der Waals surface area contributed by atoms with E-state index in [1.54, 1.807) is 0 Å². The molecule has 4 rings (SSSR count). The van der Waals surface area contributed by atoms with Gasteiger partial charge in [0.2, 0.25) is 0 Å². The molecule has 0 aliphatic carbocycles. The van der Waals surface area contributed by atoms with Crippen LogP contribution in [0.1, 0.15) is 5.56 Å². The zero-order chi connectivity index (χ0) is 20.7. The smallest absolute Gasteiger partial charge is 0.170 e. The number of nitriles is 1. The summed E-state index contributed by atoms with van der Waals surface area (Å²) in [4.78, 5) is 4.99. The van der Waals surface area contributed by atoms with Crippen molar-refractivity contribution in [1.82, 2.24) is 0 Å². The van der Waals surface area contributed by atoms with Crippen LogP contribution in [-0.4, -0.2) is 5.71 Å². The SMILES string of the molecule is N#C/C(=N/N=P(c1ccccc1)(c1ccccc1)c1ccccc1)c1ccccc1. The molecule has 0 bridgehead atoms. The van der Waals surface area contributed by atoms with Crippen molar-refractivity contribution in [3.8, 4) is 6.07 Å². The van der Waals surface area contributed by atoms with E-state index in [4.69, 9.17) is 4.85 Å². The first kappa shape index (κ1) is 19.6. The average Bonchev–Trinajstić information content (AvgIpc) is 2.84. The van der Waals surface area contributed by atoms with E-state index >= 15 is 0 Å². The van der Waals surface area contributed by atoms with Crippen molar-refractivity contribution in [2.24, 2.45) is 9.96 Å². The minimum atomic E-state index is -2.45. The average molecular weight is 405 g/mol. The molecule has 0 saturated carbocycles. The fourth-order valence-electron chi connectivity index (χ4n) is 3.39. The van der Waals surface area contributed by atoms with Crippen LogP contribution in [0.4, 0.5) is 0 Å². The Labute approximate surface area is 177 Å². The van der Waals surface area contributed by atoms with E-state index < -0.39 is 7.05 Å². The van der Waals surface area contributed by atoms with Crippen LogP contribution in [0.3, 0.4) is 0 Å². The van der Waals surface area contributed by atoms with Crippen molar-refractivity contribution >= 4 is 28.7 Å². The molecule has 0 atom stereocenters. The number of hydrogen-bond acceptors (Lipinski definition) is 2. The molecule has 0 fully saturated rings. The van der Waals surface area contributed by atoms with Gasteiger partial charge in [0.05, 0.1) is 7.05 Å². The van der Waals surface area contributed by atoms with Crippen LogP contribution < -0.4 is 15.9 Å². The van der Waals surface area contributed by atoms with E-state index in [9.17, 15) is 5.26 Å². The quantitative estimate of drug-likeness (QED) is 0.259. The fourth-order valence-corrected chi connectivity index (χ4v) is 6.62. The van der Waals surface area contributed by atoms with Gasteiger partial charge in [-0.1, -0.05) is 121 Å². The Morgan fingerprint density at radius 2 is 0.933 bits per heavy atom. The van der Waals surface area contributed by atoms with E-state index in [1.165, 1.54) is 0 Å². The molecule has 0 saturated heterocycles. The summed E-state index contributed by atoms with van der Waals surface area (Å²) in [6, 6.07) is 42.4. The first-order valence-corrected chi connectivity index (χ1v) is 11.4. The third-order valence-corrected chi connectivity index (χ3v) is 8.32. The van der Waals surface area contributed by atoms with Gasteiger partial charge in [-0.25, -0.2) is 0 Å². The van der Waals surface area contributed by atoms with Gasteiger partial charge >= 0.3 is 0 Å². The van der Waals surface area contributed by atoms with Gasteiger partial charge in [0.25, 0.3) is 0 Å². The second kappa shape index (κ2) is 9.18. The second-order valence-electron chi connectivity index (χ2n) is 6.66. The van der Waals surface area contributed by atoms with Crippen molar-refractivity contribution in [2.45, 2.75) is 0 Å². The van der Waals surface area contributed by atoms with Crippen LogP contribution in [0.25, 0.3) is 0 Å². The molecule has 144 valence electrons. The predicted octanol–water partition coefficient (Wildman–Crippen LogP) is 5.09. The maximum absolute atomic E-state index is 9.76. The second-order valence-corrected chi connectivity index (χ2v) is 9.66. The van der Waals surface area contributed by atoms with Crippen LogP contribution in [0.5, 0.6) is 0 Å². The van der Waals surface area contributed by atoms with Crippen molar-refractivity contribution < 1.29 is 0 Å². The summed E-state index contributed by atoms with van der Waals surface area (Å²) in [5, 5.41) is 17.6. The van der Waals surface area contributed by atoms with Gasteiger partial charge in [0, 0.05) is 21.5 Å². The first-order valence-electron chi connectivity index (χ1n) is 9.66. The molecule has 0 heterocycles.